The first-order valence-corrected chi connectivity index (χ1v) is 10.1. The number of piperazine rings is 1. The second-order valence-corrected chi connectivity index (χ2v) is 7.00. The van der Waals surface area contributed by atoms with Gasteiger partial charge in [0.25, 0.3) is 5.91 Å². The van der Waals surface area contributed by atoms with Crippen molar-refractivity contribution in [2.24, 2.45) is 0 Å². The standard InChI is InChI=1S/C22H27FN4O3/c1-2-30-14-13-26-9-11-27(12-10-26)22(29)25-19-7-3-5-17(15-19)21(28)24-20-8-4-6-18(23)16-20/h3-8,15-16H,2,9-14H2,1H3,(H,24,28)(H,25,29). The van der Waals surface area contributed by atoms with E-state index in [4.69, 9.17) is 4.74 Å². The summed E-state index contributed by atoms with van der Waals surface area (Å²) in [5.74, 6) is -0.800. The van der Waals surface area contributed by atoms with Crippen LogP contribution in [-0.4, -0.2) is 67.7 Å². The van der Waals surface area contributed by atoms with Crippen molar-refractivity contribution >= 4 is 23.3 Å². The number of benzene rings is 2. The zero-order chi connectivity index (χ0) is 21.3. The molecule has 160 valence electrons. The molecule has 1 heterocycles. The van der Waals surface area contributed by atoms with Crippen LogP contribution in [-0.2, 0) is 4.74 Å². The van der Waals surface area contributed by atoms with Gasteiger partial charge in [0, 0.05) is 56.3 Å². The van der Waals surface area contributed by atoms with Crippen molar-refractivity contribution in [1.29, 1.82) is 0 Å². The van der Waals surface area contributed by atoms with E-state index in [1.54, 1.807) is 35.2 Å². The van der Waals surface area contributed by atoms with E-state index in [9.17, 15) is 14.0 Å². The van der Waals surface area contributed by atoms with E-state index >= 15 is 0 Å². The van der Waals surface area contributed by atoms with Crippen LogP contribution in [0.3, 0.4) is 0 Å². The van der Waals surface area contributed by atoms with Gasteiger partial charge in [-0.1, -0.05) is 12.1 Å². The Hall–Kier alpha value is -2.97. The summed E-state index contributed by atoms with van der Waals surface area (Å²) in [6.45, 7) is 7.13. The lowest BCUT2D eigenvalue weighted by atomic mass is 10.2. The molecule has 0 spiro atoms. The Labute approximate surface area is 175 Å². The van der Waals surface area contributed by atoms with Gasteiger partial charge >= 0.3 is 6.03 Å². The number of nitrogens with one attached hydrogen (secondary N) is 2. The molecule has 3 amide bonds. The molecule has 1 fully saturated rings. The second-order valence-electron chi connectivity index (χ2n) is 7.00. The van der Waals surface area contributed by atoms with E-state index in [1.165, 1.54) is 18.2 Å². The maximum Gasteiger partial charge on any atom is 0.321 e. The fourth-order valence-corrected chi connectivity index (χ4v) is 3.22. The first-order valence-electron chi connectivity index (χ1n) is 10.1. The molecule has 2 aromatic carbocycles. The summed E-state index contributed by atoms with van der Waals surface area (Å²) < 4.78 is 18.7. The van der Waals surface area contributed by atoms with E-state index < -0.39 is 5.82 Å². The van der Waals surface area contributed by atoms with Crippen LogP contribution in [0.5, 0.6) is 0 Å². The monoisotopic (exact) mass is 414 g/mol. The Kier molecular flexibility index (Phi) is 7.75. The van der Waals surface area contributed by atoms with Crippen LogP contribution >= 0.6 is 0 Å². The number of halogens is 1. The lowest BCUT2D eigenvalue weighted by Gasteiger charge is -2.34. The van der Waals surface area contributed by atoms with Crippen LogP contribution in [0.1, 0.15) is 17.3 Å². The molecule has 0 aliphatic carbocycles. The van der Waals surface area contributed by atoms with Gasteiger partial charge in [-0.3, -0.25) is 9.69 Å². The molecule has 1 saturated heterocycles. The number of urea groups is 1. The van der Waals surface area contributed by atoms with E-state index in [1.807, 2.05) is 6.92 Å². The number of rotatable bonds is 7. The first-order chi connectivity index (χ1) is 14.5. The van der Waals surface area contributed by atoms with Crippen molar-refractivity contribution in [3.63, 3.8) is 0 Å². The molecule has 30 heavy (non-hydrogen) atoms. The van der Waals surface area contributed by atoms with Gasteiger partial charge in [0.15, 0.2) is 0 Å². The molecule has 1 aliphatic heterocycles. The first kappa shape index (κ1) is 21.7. The topological polar surface area (TPSA) is 73.9 Å². The van der Waals surface area contributed by atoms with Crippen LogP contribution in [0.15, 0.2) is 48.5 Å². The summed E-state index contributed by atoms with van der Waals surface area (Å²) in [7, 11) is 0. The minimum absolute atomic E-state index is 0.192. The fraction of sp³-hybridized carbons (Fsp3) is 0.364. The molecule has 0 radical (unpaired) electrons. The Bertz CT molecular complexity index is 869. The van der Waals surface area contributed by atoms with E-state index in [0.717, 1.165) is 19.6 Å². The molecule has 0 bridgehead atoms. The largest absolute Gasteiger partial charge is 0.380 e. The minimum atomic E-state index is -0.424. The van der Waals surface area contributed by atoms with Crippen LogP contribution in [0.4, 0.5) is 20.6 Å². The van der Waals surface area contributed by atoms with Gasteiger partial charge in [-0.2, -0.15) is 0 Å². The van der Waals surface area contributed by atoms with Gasteiger partial charge in [-0.15, -0.1) is 0 Å². The Morgan fingerprint density at radius 2 is 1.70 bits per heavy atom. The minimum Gasteiger partial charge on any atom is -0.380 e. The van der Waals surface area contributed by atoms with Crippen molar-refractivity contribution in [3.8, 4) is 0 Å². The molecule has 3 rings (SSSR count). The van der Waals surface area contributed by atoms with Gasteiger partial charge in [0.1, 0.15) is 5.82 Å². The highest BCUT2D eigenvalue weighted by Crippen LogP contribution is 2.15. The highest BCUT2D eigenvalue weighted by Gasteiger charge is 2.21. The predicted molar refractivity (Wildman–Crippen MR) is 114 cm³/mol. The third-order valence-corrected chi connectivity index (χ3v) is 4.87. The molecule has 2 aromatic rings. The van der Waals surface area contributed by atoms with Crippen molar-refractivity contribution in [2.45, 2.75) is 6.92 Å². The second kappa shape index (κ2) is 10.7. The smallest absolute Gasteiger partial charge is 0.321 e. The van der Waals surface area contributed by atoms with Crippen LogP contribution in [0, 0.1) is 5.82 Å². The number of anilines is 2. The van der Waals surface area contributed by atoms with Gasteiger partial charge < -0.3 is 20.3 Å². The summed E-state index contributed by atoms with van der Waals surface area (Å²) in [6.07, 6.45) is 0. The van der Waals surface area contributed by atoms with Crippen molar-refractivity contribution in [2.75, 3.05) is 56.6 Å². The number of hydrogen-bond acceptors (Lipinski definition) is 4. The van der Waals surface area contributed by atoms with Crippen molar-refractivity contribution < 1.29 is 18.7 Å². The molecular weight excluding hydrogens is 387 g/mol. The fourth-order valence-electron chi connectivity index (χ4n) is 3.22. The highest BCUT2D eigenvalue weighted by atomic mass is 19.1. The Balaban J connectivity index is 1.52. The maximum atomic E-state index is 13.3. The normalized spacial score (nSPS) is 14.4. The molecule has 2 N–H and O–H groups in total. The third kappa shape index (κ3) is 6.27. The van der Waals surface area contributed by atoms with Gasteiger partial charge in [-0.25, -0.2) is 9.18 Å². The number of amides is 3. The summed E-state index contributed by atoms with van der Waals surface area (Å²) in [6, 6.07) is 12.2. The quantitative estimate of drug-likeness (QED) is 0.682. The van der Waals surface area contributed by atoms with Gasteiger partial charge in [0.05, 0.1) is 6.61 Å². The third-order valence-electron chi connectivity index (χ3n) is 4.87. The Morgan fingerprint density at radius 1 is 1.00 bits per heavy atom. The van der Waals surface area contributed by atoms with Crippen molar-refractivity contribution in [3.05, 3.63) is 59.9 Å². The average Bonchev–Trinajstić information content (AvgIpc) is 2.74. The molecule has 8 heteroatoms. The molecular formula is C22H27FN4O3. The number of carbonyl (C=O) groups is 2. The van der Waals surface area contributed by atoms with E-state index in [-0.39, 0.29) is 11.9 Å². The summed E-state index contributed by atoms with van der Waals surface area (Å²) >= 11 is 0. The Morgan fingerprint density at radius 3 is 2.40 bits per heavy atom. The maximum absolute atomic E-state index is 13.3. The number of nitrogens with zero attached hydrogens (tertiary/aromatic N) is 2. The van der Waals surface area contributed by atoms with Crippen molar-refractivity contribution in [1.82, 2.24) is 9.80 Å². The summed E-state index contributed by atoms with van der Waals surface area (Å²) in [4.78, 5) is 29.0. The predicted octanol–water partition coefficient (Wildman–Crippen LogP) is 3.26. The van der Waals surface area contributed by atoms with Gasteiger partial charge in [0.2, 0.25) is 0 Å². The summed E-state index contributed by atoms with van der Waals surface area (Å²) in [5.41, 5.74) is 1.28. The van der Waals surface area contributed by atoms with Crippen LogP contribution in [0.25, 0.3) is 0 Å². The number of ether oxygens (including phenoxy) is 1. The number of carbonyl (C=O) groups excluding carboxylic acids is 2. The average molecular weight is 414 g/mol. The highest BCUT2D eigenvalue weighted by molar-refractivity contribution is 6.05. The lowest BCUT2D eigenvalue weighted by molar-refractivity contribution is 0.0901. The van der Waals surface area contributed by atoms with E-state index in [2.05, 4.69) is 15.5 Å². The molecule has 0 unspecified atom stereocenters. The molecule has 0 saturated carbocycles. The molecule has 7 nitrogen and oxygen atoms in total. The van der Waals surface area contributed by atoms with Crippen LogP contribution < -0.4 is 10.6 Å². The SMILES string of the molecule is CCOCCN1CCN(C(=O)Nc2cccc(C(=O)Nc3cccc(F)c3)c2)CC1. The zero-order valence-electron chi connectivity index (χ0n) is 17.1. The lowest BCUT2D eigenvalue weighted by Crippen LogP contribution is -2.50. The zero-order valence-corrected chi connectivity index (χ0v) is 17.1. The molecule has 0 atom stereocenters. The van der Waals surface area contributed by atoms with E-state index in [0.29, 0.717) is 43.2 Å². The van der Waals surface area contributed by atoms with Gasteiger partial charge in [-0.05, 0) is 43.3 Å². The van der Waals surface area contributed by atoms with Crippen LogP contribution in [0.2, 0.25) is 0 Å². The molecule has 1 aliphatic rings. The molecule has 0 aromatic heterocycles. The summed E-state index contributed by atoms with van der Waals surface area (Å²) in [5, 5.41) is 5.50. The number of hydrogen-bond donors (Lipinski definition) is 2.